The van der Waals surface area contributed by atoms with Crippen molar-refractivity contribution in [2.45, 2.75) is 24.7 Å². The second kappa shape index (κ2) is 3.51. The Morgan fingerprint density at radius 3 is 2.78 bits per heavy atom. The maximum Gasteiger partial charge on any atom is 0.335 e. The van der Waals surface area contributed by atoms with Crippen molar-refractivity contribution in [3.05, 3.63) is 29.6 Å². The molecule has 2 aromatic rings. The fourth-order valence-electron chi connectivity index (χ4n) is 2.21. The van der Waals surface area contributed by atoms with Gasteiger partial charge >= 0.3 is 5.97 Å². The number of nitrogens with one attached hydrogen (secondary N) is 1. The van der Waals surface area contributed by atoms with Gasteiger partial charge in [0.2, 0.25) is 5.92 Å². The first-order valence-corrected chi connectivity index (χ1v) is 5.55. The molecule has 1 heterocycles. The lowest BCUT2D eigenvalue weighted by molar-refractivity contribution is -0.0883. The van der Waals surface area contributed by atoms with Crippen molar-refractivity contribution in [1.82, 2.24) is 9.97 Å². The van der Waals surface area contributed by atoms with E-state index in [-0.39, 0.29) is 24.3 Å². The van der Waals surface area contributed by atoms with Gasteiger partial charge in [-0.3, -0.25) is 0 Å². The number of aromatic carboxylic acids is 1. The zero-order valence-electron chi connectivity index (χ0n) is 9.28. The van der Waals surface area contributed by atoms with Crippen LogP contribution in [0.5, 0.6) is 0 Å². The van der Waals surface area contributed by atoms with Gasteiger partial charge in [0.25, 0.3) is 0 Å². The maximum atomic E-state index is 12.8. The highest BCUT2D eigenvalue weighted by molar-refractivity contribution is 5.92. The van der Waals surface area contributed by atoms with Gasteiger partial charge < -0.3 is 10.1 Å². The Morgan fingerprint density at radius 2 is 2.17 bits per heavy atom. The normalized spacial score (nSPS) is 18.8. The summed E-state index contributed by atoms with van der Waals surface area (Å²) >= 11 is 0. The zero-order chi connectivity index (χ0) is 12.9. The number of carbonyl (C=O) groups is 1. The summed E-state index contributed by atoms with van der Waals surface area (Å²) in [4.78, 5) is 17.9. The standard InChI is InChI=1S/C12H10F2N2O2/c13-12(14)4-7(5-12)10-15-8-2-1-6(11(17)18)3-9(8)16-10/h1-3,7H,4-5H2,(H,15,16)(H,17,18). The third kappa shape index (κ3) is 1.73. The summed E-state index contributed by atoms with van der Waals surface area (Å²) in [6, 6.07) is 4.49. The van der Waals surface area contributed by atoms with Crippen molar-refractivity contribution < 1.29 is 18.7 Å². The van der Waals surface area contributed by atoms with Crippen LogP contribution in [0, 0.1) is 0 Å². The number of alkyl halides is 2. The van der Waals surface area contributed by atoms with Crippen molar-refractivity contribution >= 4 is 17.0 Å². The molecule has 1 saturated carbocycles. The van der Waals surface area contributed by atoms with Crippen molar-refractivity contribution in [2.75, 3.05) is 0 Å². The number of fused-ring (bicyclic) bond motifs is 1. The summed E-state index contributed by atoms with van der Waals surface area (Å²) in [5.74, 6) is -3.36. The number of rotatable bonds is 2. The van der Waals surface area contributed by atoms with Crippen molar-refractivity contribution in [3.8, 4) is 0 Å². The van der Waals surface area contributed by atoms with Crippen LogP contribution in [0.1, 0.15) is 34.9 Å². The van der Waals surface area contributed by atoms with Gasteiger partial charge in [0.05, 0.1) is 16.6 Å². The highest BCUT2D eigenvalue weighted by atomic mass is 19.3. The largest absolute Gasteiger partial charge is 0.478 e. The van der Waals surface area contributed by atoms with E-state index in [2.05, 4.69) is 9.97 Å². The number of aromatic amines is 1. The molecule has 0 bridgehead atoms. The monoisotopic (exact) mass is 252 g/mol. The van der Waals surface area contributed by atoms with Crippen LogP contribution in [0.2, 0.25) is 0 Å². The van der Waals surface area contributed by atoms with E-state index in [0.717, 1.165) is 0 Å². The second-order valence-corrected chi connectivity index (χ2v) is 4.62. The van der Waals surface area contributed by atoms with Crippen LogP contribution in [-0.4, -0.2) is 27.0 Å². The number of H-pyrrole nitrogens is 1. The lowest BCUT2D eigenvalue weighted by atomic mass is 9.81. The minimum absolute atomic E-state index is 0.150. The Labute approximate surface area is 101 Å². The third-order valence-electron chi connectivity index (χ3n) is 3.22. The van der Waals surface area contributed by atoms with E-state index < -0.39 is 11.9 Å². The summed E-state index contributed by atoms with van der Waals surface area (Å²) in [5.41, 5.74) is 1.32. The molecule has 0 atom stereocenters. The van der Waals surface area contributed by atoms with Gasteiger partial charge in [-0.2, -0.15) is 0 Å². The predicted octanol–water partition coefficient (Wildman–Crippen LogP) is 2.77. The van der Waals surface area contributed by atoms with E-state index >= 15 is 0 Å². The molecule has 0 amide bonds. The van der Waals surface area contributed by atoms with Crippen LogP contribution in [0.15, 0.2) is 18.2 Å². The van der Waals surface area contributed by atoms with Gasteiger partial charge in [0.15, 0.2) is 0 Å². The van der Waals surface area contributed by atoms with E-state index in [0.29, 0.717) is 16.9 Å². The molecule has 4 nitrogen and oxygen atoms in total. The number of carboxylic acid groups (broad SMARTS) is 1. The average molecular weight is 252 g/mol. The molecular weight excluding hydrogens is 242 g/mol. The summed E-state index contributed by atoms with van der Waals surface area (Å²) in [5, 5.41) is 8.85. The van der Waals surface area contributed by atoms with E-state index in [1.165, 1.54) is 12.1 Å². The Bertz CT molecular complexity index is 628. The van der Waals surface area contributed by atoms with Crippen LogP contribution in [-0.2, 0) is 0 Å². The first kappa shape index (κ1) is 11.1. The molecule has 3 rings (SSSR count). The van der Waals surface area contributed by atoms with Crippen molar-refractivity contribution in [2.24, 2.45) is 0 Å². The molecule has 18 heavy (non-hydrogen) atoms. The molecule has 1 aromatic heterocycles. The number of nitrogens with zero attached hydrogens (tertiary/aromatic N) is 1. The molecule has 0 unspecified atom stereocenters. The predicted molar refractivity (Wildman–Crippen MR) is 60.0 cm³/mol. The van der Waals surface area contributed by atoms with Crippen LogP contribution in [0.25, 0.3) is 11.0 Å². The Morgan fingerprint density at radius 1 is 1.44 bits per heavy atom. The van der Waals surface area contributed by atoms with Gasteiger partial charge in [-0.25, -0.2) is 18.6 Å². The fourth-order valence-corrected chi connectivity index (χ4v) is 2.21. The van der Waals surface area contributed by atoms with E-state index in [4.69, 9.17) is 5.11 Å². The lowest BCUT2D eigenvalue weighted by Gasteiger charge is -2.33. The third-order valence-corrected chi connectivity index (χ3v) is 3.22. The zero-order valence-corrected chi connectivity index (χ0v) is 9.28. The quantitative estimate of drug-likeness (QED) is 0.863. The van der Waals surface area contributed by atoms with Crippen LogP contribution in [0.4, 0.5) is 8.78 Å². The highest BCUT2D eigenvalue weighted by Gasteiger charge is 2.47. The summed E-state index contributed by atoms with van der Waals surface area (Å²) < 4.78 is 25.6. The molecule has 0 aliphatic heterocycles. The molecule has 94 valence electrons. The average Bonchev–Trinajstić information content (AvgIpc) is 2.67. The molecule has 6 heteroatoms. The Hall–Kier alpha value is -1.98. The molecule has 0 spiro atoms. The summed E-state index contributed by atoms with van der Waals surface area (Å²) in [7, 11) is 0. The van der Waals surface area contributed by atoms with E-state index in [1.54, 1.807) is 6.07 Å². The molecule has 0 radical (unpaired) electrons. The Balaban J connectivity index is 1.94. The second-order valence-electron chi connectivity index (χ2n) is 4.62. The number of benzene rings is 1. The van der Waals surface area contributed by atoms with Crippen LogP contribution in [0.3, 0.4) is 0 Å². The first-order chi connectivity index (χ1) is 8.44. The van der Waals surface area contributed by atoms with Gasteiger partial charge in [-0.1, -0.05) is 0 Å². The topological polar surface area (TPSA) is 66.0 Å². The molecule has 1 fully saturated rings. The van der Waals surface area contributed by atoms with Gasteiger partial charge in [0, 0.05) is 18.8 Å². The summed E-state index contributed by atoms with van der Waals surface area (Å²) in [6.07, 6.45) is -0.392. The van der Waals surface area contributed by atoms with E-state index in [1.807, 2.05) is 0 Å². The van der Waals surface area contributed by atoms with Gasteiger partial charge in [0.1, 0.15) is 5.82 Å². The highest BCUT2D eigenvalue weighted by Crippen LogP contribution is 2.47. The molecule has 1 aliphatic carbocycles. The number of carboxylic acids is 1. The minimum atomic E-state index is -2.59. The number of hydrogen-bond acceptors (Lipinski definition) is 2. The number of halogens is 2. The number of imidazole rings is 1. The smallest absolute Gasteiger partial charge is 0.335 e. The van der Waals surface area contributed by atoms with Gasteiger partial charge in [-0.05, 0) is 18.2 Å². The molecule has 0 saturated heterocycles. The molecule has 2 N–H and O–H groups in total. The fraction of sp³-hybridized carbons (Fsp3) is 0.333. The van der Waals surface area contributed by atoms with Crippen molar-refractivity contribution in [1.29, 1.82) is 0 Å². The van der Waals surface area contributed by atoms with Crippen LogP contribution < -0.4 is 0 Å². The SMILES string of the molecule is O=C(O)c1ccc2nc(C3CC(F)(F)C3)[nH]c2c1. The summed E-state index contributed by atoms with van der Waals surface area (Å²) in [6.45, 7) is 0. The lowest BCUT2D eigenvalue weighted by Crippen LogP contribution is -2.34. The van der Waals surface area contributed by atoms with E-state index in [9.17, 15) is 13.6 Å². The maximum absolute atomic E-state index is 12.8. The van der Waals surface area contributed by atoms with Crippen molar-refractivity contribution in [3.63, 3.8) is 0 Å². The van der Waals surface area contributed by atoms with Gasteiger partial charge in [-0.15, -0.1) is 0 Å². The minimum Gasteiger partial charge on any atom is -0.478 e. The molecule has 1 aromatic carbocycles. The molecular formula is C12H10F2N2O2. The number of aromatic nitrogens is 2. The molecule has 1 aliphatic rings. The van der Waals surface area contributed by atoms with Crippen LogP contribution >= 0.6 is 0 Å². The Kier molecular flexibility index (Phi) is 2.17. The number of hydrogen-bond donors (Lipinski definition) is 2. The first-order valence-electron chi connectivity index (χ1n) is 5.55.